The van der Waals surface area contributed by atoms with E-state index in [1.807, 2.05) is 194 Å². The Labute approximate surface area is 438 Å². The molecule has 10 heteroatoms. The first-order chi connectivity index (χ1) is 37.6. The van der Waals surface area contributed by atoms with E-state index >= 15 is 0 Å². The highest BCUT2D eigenvalue weighted by molar-refractivity contribution is 5.94. The molecule has 0 unspecified atom stereocenters. The van der Waals surface area contributed by atoms with Gasteiger partial charge in [0.1, 0.15) is 0 Å². The zero-order valence-electron chi connectivity index (χ0n) is 40.6. The molecule has 0 bridgehead atoms. The number of benzene rings is 10. The van der Waals surface area contributed by atoms with Gasteiger partial charge in [0.05, 0.1) is 22.7 Å². The van der Waals surface area contributed by atoms with Gasteiger partial charge in [0.25, 0.3) is 0 Å². The van der Waals surface area contributed by atoms with E-state index in [4.69, 9.17) is 39.4 Å². The molecule has 0 saturated heterocycles. The zero-order chi connectivity index (χ0) is 50.4. The zero-order valence-corrected chi connectivity index (χ0v) is 40.6. The second-order valence-electron chi connectivity index (χ2n) is 18.4. The Morgan fingerprint density at radius 2 is 0.447 bits per heavy atom. The molecule has 0 amide bonds. The summed E-state index contributed by atoms with van der Waals surface area (Å²) >= 11 is 0. The molecular formula is C66H42N8O2. The lowest BCUT2D eigenvalue weighted by molar-refractivity contribution is 0.477. The Balaban J connectivity index is 1.06. The lowest BCUT2D eigenvalue weighted by Crippen LogP contribution is -2.18. The quantitative estimate of drug-likeness (QED) is 0.139. The van der Waals surface area contributed by atoms with Gasteiger partial charge in [-0.05, 0) is 96.1 Å². The Hall–Kier alpha value is -10.6. The van der Waals surface area contributed by atoms with Crippen molar-refractivity contribution in [3.05, 3.63) is 255 Å². The van der Waals surface area contributed by atoms with Crippen molar-refractivity contribution >= 4 is 34.1 Å². The summed E-state index contributed by atoms with van der Waals surface area (Å²) in [6.45, 7) is 0. The summed E-state index contributed by atoms with van der Waals surface area (Å²) in [5.74, 6) is 6.15. The predicted octanol–water partition coefficient (Wildman–Crippen LogP) is 16.9. The van der Waals surface area contributed by atoms with Gasteiger partial charge in [0.2, 0.25) is 0 Å². The fourth-order valence-corrected chi connectivity index (χ4v) is 9.91. The van der Waals surface area contributed by atoms with Crippen LogP contribution in [0.2, 0.25) is 0 Å². The first-order valence-electron chi connectivity index (χ1n) is 25.0. The lowest BCUT2D eigenvalue weighted by Gasteiger charge is -2.36. The SMILES string of the molecule is c1ccc(-c2nc(-c3ccccc3)nc(-c3cc(-c4cc(N5c6ccccc6Oc6ccccc65)cc(N5c6ccccc6Oc6ccccc65)c4)cc(-c4nc(-c5ccccc5)nc(-c5ccccc5)n4)c3)n2)cc1. The molecule has 0 fully saturated rings. The van der Waals surface area contributed by atoms with Crippen LogP contribution in [0.15, 0.2) is 255 Å². The maximum Gasteiger partial charge on any atom is 0.164 e. The van der Waals surface area contributed by atoms with Crippen LogP contribution in [-0.4, -0.2) is 29.9 Å². The minimum atomic E-state index is 0.486. The number of rotatable bonds is 9. The Morgan fingerprint density at radius 1 is 0.211 bits per heavy atom. The third-order valence-corrected chi connectivity index (χ3v) is 13.5. The van der Waals surface area contributed by atoms with Gasteiger partial charge >= 0.3 is 0 Å². The number of anilines is 6. The fourth-order valence-electron chi connectivity index (χ4n) is 9.91. The number of hydrogen-bond acceptors (Lipinski definition) is 10. The maximum atomic E-state index is 6.57. The van der Waals surface area contributed by atoms with E-state index in [1.54, 1.807) is 0 Å². The Morgan fingerprint density at radius 3 is 0.750 bits per heavy atom. The third-order valence-electron chi connectivity index (χ3n) is 13.5. The van der Waals surface area contributed by atoms with E-state index in [1.165, 1.54) is 0 Å². The highest BCUT2D eigenvalue weighted by Crippen LogP contribution is 2.55. The average molecular weight is 979 g/mol. The summed E-state index contributed by atoms with van der Waals surface area (Å²) in [5, 5.41) is 0. The molecule has 0 N–H and O–H groups in total. The average Bonchev–Trinajstić information content (AvgIpc) is 3.50. The van der Waals surface area contributed by atoms with Crippen molar-refractivity contribution in [1.82, 2.24) is 29.9 Å². The van der Waals surface area contributed by atoms with Gasteiger partial charge in [0, 0.05) is 44.8 Å². The molecule has 76 heavy (non-hydrogen) atoms. The van der Waals surface area contributed by atoms with Crippen LogP contribution >= 0.6 is 0 Å². The van der Waals surface area contributed by atoms with E-state index in [0.29, 0.717) is 34.9 Å². The van der Waals surface area contributed by atoms with Crippen molar-refractivity contribution < 1.29 is 9.47 Å². The summed E-state index contributed by atoms with van der Waals surface area (Å²) in [4.78, 5) is 35.7. The summed E-state index contributed by atoms with van der Waals surface area (Å²) in [6.07, 6.45) is 0. The van der Waals surface area contributed by atoms with Crippen molar-refractivity contribution in [1.29, 1.82) is 0 Å². The standard InChI is InChI=1S/C66H42N8O2/c1-5-21-43(22-6-1)61-67-62(44-23-7-2-8-24-44)70-65(69-61)49-37-47(38-50(39-49)66-71-63(45-25-9-3-10-26-45)68-64(72-66)46-27-11-4-12-28-46)48-40-51(73-53-29-13-17-33-57(53)75-58-34-18-14-30-54(58)73)42-52(41-48)74-55-31-15-19-35-59(55)76-60-36-20-16-32-56(60)74/h1-42H. The summed E-state index contributed by atoms with van der Waals surface area (Å²) in [5.41, 5.74) is 12.1. The number of nitrogens with zero attached hydrogens (tertiary/aromatic N) is 8. The van der Waals surface area contributed by atoms with Gasteiger partial charge in [-0.1, -0.05) is 170 Å². The summed E-state index contributed by atoms with van der Waals surface area (Å²) in [7, 11) is 0. The van der Waals surface area contributed by atoms with Gasteiger partial charge in [-0.25, -0.2) is 29.9 Å². The van der Waals surface area contributed by atoms with Crippen LogP contribution in [0.3, 0.4) is 0 Å². The minimum Gasteiger partial charge on any atom is -0.453 e. The van der Waals surface area contributed by atoms with Crippen LogP contribution in [0.5, 0.6) is 23.0 Å². The van der Waals surface area contributed by atoms with E-state index in [2.05, 4.69) is 70.5 Å². The van der Waals surface area contributed by atoms with Crippen LogP contribution < -0.4 is 19.3 Å². The van der Waals surface area contributed by atoms with E-state index in [9.17, 15) is 0 Å². The molecule has 12 aromatic rings. The first-order valence-corrected chi connectivity index (χ1v) is 25.0. The molecule has 0 aliphatic carbocycles. The number of aromatic nitrogens is 6. The molecule has 0 saturated carbocycles. The van der Waals surface area contributed by atoms with Crippen LogP contribution in [0.25, 0.3) is 79.5 Å². The van der Waals surface area contributed by atoms with Gasteiger partial charge in [0.15, 0.2) is 57.9 Å². The molecule has 0 spiro atoms. The van der Waals surface area contributed by atoms with Gasteiger partial charge < -0.3 is 19.3 Å². The van der Waals surface area contributed by atoms with Crippen LogP contribution in [0.1, 0.15) is 0 Å². The van der Waals surface area contributed by atoms with Crippen molar-refractivity contribution in [3.63, 3.8) is 0 Å². The third kappa shape index (κ3) is 8.22. The van der Waals surface area contributed by atoms with Crippen LogP contribution in [0, 0.1) is 0 Å². The number of fused-ring (bicyclic) bond motifs is 4. The van der Waals surface area contributed by atoms with E-state index < -0.39 is 0 Å². The molecule has 2 aliphatic rings. The normalized spacial score (nSPS) is 12.1. The maximum absolute atomic E-state index is 6.57. The molecule has 0 radical (unpaired) electrons. The number of ether oxygens (including phenoxy) is 2. The van der Waals surface area contributed by atoms with Crippen LogP contribution in [-0.2, 0) is 0 Å². The highest BCUT2D eigenvalue weighted by Gasteiger charge is 2.30. The topological polar surface area (TPSA) is 102 Å². The van der Waals surface area contributed by atoms with Crippen LogP contribution in [0.4, 0.5) is 34.1 Å². The summed E-state index contributed by atoms with van der Waals surface area (Å²) in [6, 6.07) is 85.8. The monoisotopic (exact) mass is 978 g/mol. The predicted molar refractivity (Wildman–Crippen MR) is 301 cm³/mol. The van der Waals surface area contributed by atoms with Gasteiger partial charge in [-0.2, -0.15) is 0 Å². The largest absolute Gasteiger partial charge is 0.453 e. The molecule has 2 aliphatic heterocycles. The second-order valence-corrected chi connectivity index (χ2v) is 18.4. The van der Waals surface area contributed by atoms with Crippen molar-refractivity contribution in [2.24, 2.45) is 0 Å². The fraction of sp³-hybridized carbons (Fsp3) is 0. The molecule has 14 rings (SSSR count). The van der Waals surface area contributed by atoms with E-state index in [0.717, 1.165) is 102 Å². The van der Waals surface area contributed by atoms with Gasteiger partial charge in [-0.3, -0.25) is 0 Å². The minimum absolute atomic E-state index is 0.486. The molecule has 4 heterocycles. The van der Waals surface area contributed by atoms with Gasteiger partial charge in [-0.15, -0.1) is 0 Å². The molecule has 10 aromatic carbocycles. The number of para-hydroxylation sites is 8. The molecule has 2 aromatic heterocycles. The lowest BCUT2D eigenvalue weighted by atomic mass is 9.96. The molecule has 358 valence electrons. The Bertz CT molecular complexity index is 3680. The number of hydrogen-bond donors (Lipinski definition) is 0. The van der Waals surface area contributed by atoms with Crippen molar-refractivity contribution in [3.8, 4) is 102 Å². The first kappa shape index (κ1) is 44.1. The highest BCUT2D eigenvalue weighted by atomic mass is 16.5. The molecular weight excluding hydrogens is 937 g/mol. The second kappa shape index (κ2) is 18.8. The molecule has 10 nitrogen and oxygen atoms in total. The Kier molecular flexibility index (Phi) is 10.9. The smallest absolute Gasteiger partial charge is 0.164 e. The summed E-state index contributed by atoms with van der Waals surface area (Å²) < 4.78 is 13.1. The van der Waals surface area contributed by atoms with Crippen molar-refractivity contribution in [2.75, 3.05) is 9.80 Å². The van der Waals surface area contributed by atoms with E-state index in [-0.39, 0.29) is 0 Å². The van der Waals surface area contributed by atoms with Crippen molar-refractivity contribution in [2.45, 2.75) is 0 Å². The molecule has 0 atom stereocenters.